The molecule has 150 valence electrons. The Balaban J connectivity index is 1.97. The lowest BCUT2D eigenvalue weighted by atomic mass is 9.95. The number of fused-ring (bicyclic) bond motifs is 1. The molecule has 1 aromatic rings. The van der Waals surface area contributed by atoms with Crippen LogP contribution < -0.4 is 20.1 Å². The molecule has 0 aromatic heterocycles. The first kappa shape index (κ1) is 21.0. The van der Waals surface area contributed by atoms with Crippen molar-refractivity contribution < 1.29 is 19.1 Å². The van der Waals surface area contributed by atoms with Crippen LogP contribution in [-0.4, -0.2) is 56.1 Å². The fraction of sp³-hybridized carbons (Fsp3) is 0.600. The van der Waals surface area contributed by atoms with Gasteiger partial charge in [0.1, 0.15) is 13.2 Å². The third-order valence-corrected chi connectivity index (χ3v) is 4.19. The molecule has 7 heteroatoms. The molecule has 0 saturated carbocycles. The third-order valence-electron chi connectivity index (χ3n) is 4.19. The topological polar surface area (TPSA) is 79.9 Å². The van der Waals surface area contributed by atoms with Gasteiger partial charge in [-0.2, -0.15) is 0 Å². The van der Waals surface area contributed by atoms with E-state index in [1.54, 1.807) is 11.9 Å². The summed E-state index contributed by atoms with van der Waals surface area (Å²) in [5, 5.41) is 5.90. The summed E-state index contributed by atoms with van der Waals surface area (Å²) in [5.41, 5.74) is 0.975. The highest BCUT2D eigenvalue weighted by atomic mass is 16.6. The van der Waals surface area contributed by atoms with Crippen LogP contribution in [0.15, 0.2) is 18.2 Å². The number of rotatable bonds is 8. The molecule has 0 bridgehead atoms. The predicted molar refractivity (Wildman–Crippen MR) is 104 cm³/mol. The highest BCUT2D eigenvalue weighted by Crippen LogP contribution is 2.34. The maximum atomic E-state index is 12.5. The van der Waals surface area contributed by atoms with E-state index in [0.717, 1.165) is 11.3 Å². The fourth-order valence-electron chi connectivity index (χ4n) is 3.02. The van der Waals surface area contributed by atoms with Crippen molar-refractivity contribution in [1.29, 1.82) is 0 Å². The Morgan fingerprint density at radius 1 is 1.00 bits per heavy atom. The monoisotopic (exact) mass is 377 g/mol. The van der Waals surface area contributed by atoms with Gasteiger partial charge in [0.05, 0.1) is 19.1 Å². The van der Waals surface area contributed by atoms with Crippen molar-refractivity contribution in [1.82, 2.24) is 15.5 Å². The van der Waals surface area contributed by atoms with Gasteiger partial charge in [-0.05, 0) is 44.5 Å². The molecule has 0 aliphatic carbocycles. The van der Waals surface area contributed by atoms with E-state index in [-0.39, 0.29) is 42.9 Å². The number of carbonyl (C=O) groups excluding carboxylic acids is 2. The summed E-state index contributed by atoms with van der Waals surface area (Å²) in [6, 6.07) is 5.71. The van der Waals surface area contributed by atoms with Gasteiger partial charge in [-0.15, -0.1) is 0 Å². The zero-order valence-corrected chi connectivity index (χ0v) is 16.9. The second-order valence-electron chi connectivity index (χ2n) is 7.59. The average Bonchev–Trinajstić information content (AvgIpc) is 2.58. The fourth-order valence-corrected chi connectivity index (χ4v) is 3.02. The standard InChI is InChI=1S/C20H31N3O4/c1-13(2)20(15-6-7-16-17(10-15)27-9-8-26-16)22-19(25)12-23(5)11-18(24)21-14(3)4/h6-7,10,13-14,20H,8-9,11-12H2,1-5H3,(H,21,24)(H,22,25)/t20-/m1/s1. The van der Waals surface area contributed by atoms with Crippen LogP contribution in [-0.2, 0) is 9.59 Å². The Bertz CT molecular complexity index is 661. The first-order valence-electron chi connectivity index (χ1n) is 9.43. The maximum Gasteiger partial charge on any atom is 0.234 e. The van der Waals surface area contributed by atoms with Crippen molar-refractivity contribution in [2.75, 3.05) is 33.4 Å². The summed E-state index contributed by atoms with van der Waals surface area (Å²) < 4.78 is 11.2. The van der Waals surface area contributed by atoms with Crippen LogP contribution in [0.3, 0.4) is 0 Å². The summed E-state index contributed by atoms with van der Waals surface area (Å²) in [7, 11) is 1.76. The van der Waals surface area contributed by atoms with E-state index < -0.39 is 0 Å². The normalized spacial score (nSPS) is 14.4. The molecule has 0 saturated heterocycles. The molecule has 2 rings (SSSR count). The number of ether oxygens (including phenoxy) is 2. The van der Waals surface area contributed by atoms with Crippen LogP contribution >= 0.6 is 0 Å². The Kier molecular flexibility index (Phi) is 7.47. The van der Waals surface area contributed by atoms with Gasteiger partial charge in [-0.25, -0.2) is 0 Å². The molecule has 0 radical (unpaired) electrons. The number of nitrogens with zero attached hydrogens (tertiary/aromatic N) is 1. The van der Waals surface area contributed by atoms with E-state index in [4.69, 9.17) is 9.47 Å². The number of carbonyl (C=O) groups is 2. The van der Waals surface area contributed by atoms with Gasteiger partial charge in [0.15, 0.2) is 11.5 Å². The Morgan fingerprint density at radius 3 is 2.19 bits per heavy atom. The van der Waals surface area contributed by atoms with Gasteiger partial charge in [-0.3, -0.25) is 14.5 Å². The second kappa shape index (κ2) is 9.60. The molecule has 1 heterocycles. The zero-order valence-electron chi connectivity index (χ0n) is 16.9. The first-order chi connectivity index (χ1) is 12.8. The summed E-state index contributed by atoms with van der Waals surface area (Å²) in [4.78, 5) is 26.0. The lowest BCUT2D eigenvalue weighted by Crippen LogP contribution is -2.43. The zero-order chi connectivity index (χ0) is 20.0. The summed E-state index contributed by atoms with van der Waals surface area (Å²) in [6.07, 6.45) is 0. The van der Waals surface area contributed by atoms with Gasteiger partial charge in [0, 0.05) is 6.04 Å². The lowest BCUT2D eigenvalue weighted by molar-refractivity contribution is -0.125. The quantitative estimate of drug-likeness (QED) is 0.721. The number of amides is 2. The molecule has 0 unspecified atom stereocenters. The van der Waals surface area contributed by atoms with Crippen molar-refractivity contribution in [3.63, 3.8) is 0 Å². The lowest BCUT2D eigenvalue weighted by Gasteiger charge is -2.26. The van der Waals surface area contributed by atoms with E-state index in [2.05, 4.69) is 24.5 Å². The van der Waals surface area contributed by atoms with E-state index in [9.17, 15) is 9.59 Å². The highest BCUT2D eigenvalue weighted by molar-refractivity contribution is 5.81. The van der Waals surface area contributed by atoms with Crippen LogP contribution in [0.25, 0.3) is 0 Å². The van der Waals surface area contributed by atoms with Crippen LogP contribution in [0, 0.1) is 5.92 Å². The molecule has 1 aliphatic heterocycles. The highest BCUT2D eigenvalue weighted by Gasteiger charge is 2.22. The molecule has 2 N–H and O–H groups in total. The molecule has 0 fully saturated rings. The second-order valence-corrected chi connectivity index (χ2v) is 7.59. The van der Waals surface area contributed by atoms with Gasteiger partial charge in [0.25, 0.3) is 0 Å². The minimum absolute atomic E-state index is 0.0836. The molecule has 1 atom stereocenters. The third kappa shape index (κ3) is 6.43. The van der Waals surface area contributed by atoms with E-state index in [1.165, 1.54) is 0 Å². The van der Waals surface area contributed by atoms with Crippen molar-refractivity contribution >= 4 is 11.8 Å². The van der Waals surface area contributed by atoms with Crippen molar-refractivity contribution in [3.8, 4) is 11.5 Å². The molecular weight excluding hydrogens is 346 g/mol. The van der Waals surface area contributed by atoms with Crippen LogP contribution in [0.4, 0.5) is 0 Å². The number of hydrogen-bond donors (Lipinski definition) is 2. The van der Waals surface area contributed by atoms with Gasteiger partial charge < -0.3 is 20.1 Å². The molecular formula is C20H31N3O4. The summed E-state index contributed by atoms with van der Waals surface area (Å²) in [6.45, 7) is 9.34. The smallest absolute Gasteiger partial charge is 0.234 e. The SMILES string of the molecule is CC(C)NC(=O)CN(C)CC(=O)N[C@@H](c1ccc2c(c1)OCCO2)C(C)C. The van der Waals surface area contributed by atoms with Crippen LogP contribution in [0.2, 0.25) is 0 Å². The molecule has 27 heavy (non-hydrogen) atoms. The van der Waals surface area contributed by atoms with Gasteiger partial charge in [-0.1, -0.05) is 19.9 Å². The number of likely N-dealkylation sites (N-methyl/N-ethyl adjacent to an activating group) is 1. The van der Waals surface area contributed by atoms with Crippen LogP contribution in [0.1, 0.15) is 39.3 Å². The van der Waals surface area contributed by atoms with Crippen molar-refractivity contribution in [3.05, 3.63) is 23.8 Å². The number of benzene rings is 1. The average molecular weight is 377 g/mol. The maximum absolute atomic E-state index is 12.5. The van der Waals surface area contributed by atoms with Crippen molar-refractivity contribution in [2.24, 2.45) is 5.92 Å². The molecule has 2 amide bonds. The van der Waals surface area contributed by atoms with Crippen LogP contribution in [0.5, 0.6) is 11.5 Å². The predicted octanol–water partition coefficient (Wildman–Crippen LogP) is 1.73. The van der Waals surface area contributed by atoms with E-state index in [1.807, 2.05) is 32.0 Å². The Hall–Kier alpha value is -2.28. The minimum Gasteiger partial charge on any atom is -0.486 e. The largest absolute Gasteiger partial charge is 0.486 e. The molecule has 1 aromatic carbocycles. The minimum atomic E-state index is -0.147. The van der Waals surface area contributed by atoms with E-state index >= 15 is 0 Å². The molecule has 1 aliphatic rings. The Morgan fingerprint density at radius 2 is 1.59 bits per heavy atom. The first-order valence-corrected chi connectivity index (χ1v) is 9.43. The Labute approximate surface area is 161 Å². The molecule has 0 spiro atoms. The van der Waals surface area contributed by atoms with Gasteiger partial charge in [0.2, 0.25) is 11.8 Å². The number of hydrogen-bond acceptors (Lipinski definition) is 5. The van der Waals surface area contributed by atoms with Crippen molar-refractivity contribution in [2.45, 2.75) is 39.8 Å². The molecule has 7 nitrogen and oxygen atoms in total. The summed E-state index contributed by atoms with van der Waals surface area (Å²) in [5.74, 6) is 1.43. The van der Waals surface area contributed by atoms with Gasteiger partial charge >= 0.3 is 0 Å². The number of nitrogens with one attached hydrogen (secondary N) is 2. The van der Waals surface area contributed by atoms with E-state index in [0.29, 0.717) is 19.0 Å². The summed E-state index contributed by atoms with van der Waals surface area (Å²) >= 11 is 0.